The fourth-order valence-corrected chi connectivity index (χ4v) is 5.11. The average Bonchev–Trinajstić information content (AvgIpc) is 2.75. The van der Waals surface area contributed by atoms with Gasteiger partial charge in [-0.2, -0.15) is 4.98 Å². The highest BCUT2D eigenvalue weighted by atomic mass is 16.5. The topological polar surface area (TPSA) is 64.9 Å². The molecule has 2 N–H and O–H groups in total. The molecular formula is C15H23N3O. The summed E-state index contributed by atoms with van der Waals surface area (Å²) in [5.74, 6) is 5.89. The highest BCUT2D eigenvalue weighted by Crippen LogP contribution is 2.59. The van der Waals surface area contributed by atoms with E-state index in [0.29, 0.717) is 12.3 Å². The molecule has 19 heavy (non-hydrogen) atoms. The normalized spacial score (nSPS) is 41.7. The zero-order chi connectivity index (χ0) is 13.0. The van der Waals surface area contributed by atoms with Gasteiger partial charge in [0, 0.05) is 18.4 Å². The van der Waals surface area contributed by atoms with Crippen LogP contribution in [-0.4, -0.2) is 16.2 Å². The summed E-state index contributed by atoms with van der Waals surface area (Å²) in [4.78, 5) is 4.64. The van der Waals surface area contributed by atoms with Crippen molar-refractivity contribution < 1.29 is 4.52 Å². The van der Waals surface area contributed by atoms with Gasteiger partial charge < -0.3 is 10.3 Å². The molecule has 1 aromatic heterocycles. The summed E-state index contributed by atoms with van der Waals surface area (Å²) in [5.41, 5.74) is 5.80. The standard InChI is InChI=1S/C15H23N3O/c1-8(16)2-13-17-15(18-19-13)14-11-4-9-3-10(6-11)7-12(14)5-9/h8-12,14H,2-7,16H2,1H3. The quantitative estimate of drug-likeness (QED) is 0.908. The van der Waals surface area contributed by atoms with Crippen molar-refractivity contribution in [1.29, 1.82) is 0 Å². The molecule has 5 rings (SSSR count). The number of nitrogens with two attached hydrogens (primary N) is 1. The maximum Gasteiger partial charge on any atom is 0.228 e. The monoisotopic (exact) mass is 261 g/mol. The van der Waals surface area contributed by atoms with E-state index in [-0.39, 0.29) is 6.04 Å². The number of rotatable bonds is 3. The number of hydrogen-bond acceptors (Lipinski definition) is 4. The van der Waals surface area contributed by atoms with E-state index < -0.39 is 0 Å². The van der Waals surface area contributed by atoms with Crippen molar-refractivity contribution in [3.05, 3.63) is 11.7 Å². The lowest BCUT2D eigenvalue weighted by molar-refractivity contribution is -0.00629. The maximum atomic E-state index is 5.80. The van der Waals surface area contributed by atoms with Crippen LogP contribution >= 0.6 is 0 Å². The Morgan fingerprint density at radius 3 is 2.37 bits per heavy atom. The Bertz CT molecular complexity index is 440. The third-order valence-corrected chi connectivity index (χ3v) is 5.51. The SMILES string of the molecule is CC(N)Cc1nc(C2C3CC4CC(C3)CC2C4)no1. The van der Waals surface area contributed by atoms with Gasteiger partial charge in [0.2, 0.25) is 5.89 Å². The average molecular weight is 261 g/mol. The van der Waals surface area contributed by atoms with E-state index in [4.69, 9.17) is 10.3 Å². The number of nitrogens with zero attached hydrogens (tertiary/aromatic N) is 2. The summed E-state index contributed by atoms with van der Waals surface area (Å²) in [6.07, 6.45) is 7.77. The van der Waals surface area contributed by atoms with Gasteiger partial charge in [-0.1, -0.05) is 5.16 Å². The molecule has 0 radical (unpaired) electrons. The molecule has 4 aliphatic rings. The van der Waals surface area contributed by atoms with Crippen molar-refractivity contribution in [2.45, 2.75) is 57.4 Å². The highest BCUT2D eigenvalue weighted by molar-refractivity contribution is 5.10. The van der Waals surface area contributed by atoms with E-state index >= 15 is 0 Å². The van der Waals surface area contributed by atoms with Crippen LogP contribution in [0.4, 0.5) is 0 Å². The molecule has 4 nitrogen and oxygen atoms in total. The van der Waals surface area contributed by atoms with E-state index in [1.807, 2.05) is 6.92 Å². The van der Waals surface area contributed by atoms with E-state index in [1.54, 1.807) is 0 Å². The fourth-order valence-electron chi connectivity index (χ4n) is 5.11. The smallest absolute Gasteiger partial charge is 0.228 e. The molecule has 4 aliphatic carbocycles. The van der Waals surface area contributed by atoms with Crippen LogP contribution in [0, 0.1) is 23.7 Å². The van der Waals surface area contributed by atoms with Gasteiger partial charge in [0.25, 0.3) is 0 Å². The third-order valence-electron chi connectivity index (χ3n) is 5.51. The summed E-state index contributed by atoms with van der Waals surface area (Å²) in [6.45, 7) is 1.98. The second-order valence-corrected chi connectivity index (χ2v) is 7.18. The first-order valence-electron chi connectivity index (χ1n) is 7.77. The Morgan fingerprint density at radius 2 is 1.79 bits per heavy atom. The molecule has 4 bridgehead atoms. The third kappa shape index (κ3) is 2.00. The second kappa shape index (κ2) is 4.30. The molecule has 4 saturated carbocycles. The van der Waals surface area contributed by atoms with E-state index in [2.05, 4.69) is 10.1 Å². The summed E-state index contributed by atoms with van der Waals surface area (Å²) in [6, 6.07) is 0.0896. The van der Waals surface area contributed by atoms with Crippen molar-refractivity contribution in [2.24, 2.45) is 29.4 Å². The molecule has 0 amide bonds. The van der Waals surface area contributed by atoms with Crippen LogP contribution < -0.4 is 5.73 Å². The largest absolute Gasteiger partial charge is 0.339 e. The Kier molecular flexibility index (Phi) is 2.69. The molecule has 1 heterocycles. The van der Waals surface area contributed by atoms with E-state index in [1.165, 1.54) is 32.1 Å². The van der Waals surface area contributed by atoms with Crippen LogP contribution in [0.2, 0.25) is 0 Å². The predicted octanol–water partition coefficient (Wildman–Crippen LogP) is 2.50. The lowest BCUT2D eigenvalue weighted by Crippen LogP contribution is -2.44. The van der Waals surface area contributed by atoms with Crippen molar-refractivity contribution in [2.75, 3.05) is 0 Å². The molecule has 0 aromatic carbocycles. The number of hydrogen-bond donors (Lipinski definition) is 1. The first-order valence-corrected chi connectivity index (χ1v) is 7.77. The van der Waals surface area contributed by atoms with Crippen LogP contribution in [-0.2, 0) is 6.42 Å². The summed E-state index contributed by atoms with van der Waals surface area (Å²) in [5, 5.41) is 4.27. The van der Waals surface area contributed by atoms with Gasteiger partial charge in [-0.15, -0.1) is 0 Å². The molecule has 0 aliphatic heterocycles. The highest BCUT2D eigenvalue weighted by Gasteiger charge is 2.50. The Morgan fingerprint density at radius 1 is 1.16 bits per heavy atom. The Labute approximate surface area is 114 Å². The van der Waals surface area contributed by atoms with Gasteiger partial charge >= 0.3 is 0 Å². The van der Waals surface area contributed by atoms with Crippen LogP contribution in [0.5, 0.6) is 0 Å². The molecule has 1 atom stereocenters. The minimum atomic E-state index is 0.0896. The predicted molar refractivity (Wildman–Crippen MR) is 71.4 cm³/mol. The molecular weight excluding hydrogens is 238 g/mol. The van der Waals surface area contributed by atoms with Crippen LogP contribution in [0.3, 0.4) is 0 Å². The van der Waals surface area contributed by atoms with E-state index in [0.717, 1.165) is 35.4 Å². The van der Waals surface area contributed by atoms with Gasteiger partial charge in [-0.25, -0.2) is 0 Å². The summed E-state index contributed by atoms with van der Waals surface area (Å²) < 4.78 is 5.39. The van der Waals surface area contributed by atoms with Gasteiger partial charge in [0.05, 0.1) is 0 Å². The van der Waals surface area contributed by atoms with Crippen molar-refractivity contribution >= 4 is 0 Å². The second-order valence-electron chi connectivity index (χ2n) is 7.18. The van der Waals surface area contributed by atoms with Crippen LogP contribution in [0.1, 0.15) is 56.7 Å². The minimum Gasteiger partial charge on any atom is -0.339 e. The number of aromatic nitrogens is 2. The van der Waals surface area contributed by atoms with Crippen LogP contribution in [0.25, 0.3) is 0 Å². The zero-order valence-corrected chi connectivity index (χ0v) is 11.6. The first-order chi connectivity index (χ1) is 9.19. The van der Waals surface area contributed by atoms with Crippen molar-refractivity contribution in [3.8, 4) is 0 Å². The van der Waals surface area contributed by atoms with Gasteiger partial charge in [0.1, 0.15) is 0 Å². The summed E-state index contributed by atoms with van der Waals surface area (Å²) in [7, 11) is 0. The Hall–Kier alpha value is -0.900. The fraction of sp³-hybridized carbons (Fsp3) is 0.867. The van der Waals surface area contributed by atoms with E-state index in [9.17, 15) is 0 Å². The lowest BCUT2D eigenvalue weighted by Gasteiger charge is -2.53. The van der Waals surface area contributed by atoms with Crippen LogP contribution in [0.15, 0.2) is 4.52 Å². The molecule has 1 unspecified atom stereocenters. The molecule has 4 fully saturated rings. The van der Waals surface area contributed by atoms with Gasteiger partial charge in [-0.05, 0) is 62.7 Å². The molecule has 104 valence electrons. The molecule has 0 spiro atoms. The molecule has 1 aromatic rings. The van der Waals surface area contributed by atoms with Gasteiger partial charge in [-0.3, -0.25) is 0 Å². The molecule has 0 saturated heterocycles. The van der Waals surface area contributed by atoms with Gasteiger partial charge in [0.15, 0.2) is 5.82 Å². The summed E-state index contributed by atoms with van der Waals surface area (Å²) >= 11 is 0. The Balaban J connectivity index is 1.57. The minimum absolute atomic E-state index is 0.0896. The molecule has 4 heteroatoms. The lowest BCUT2D eigenvalue weighted by atomic mass is 9.52. The maximum absolute atomic E-state index is 5.80. The van der Waals surface area contributed by atoms with Crippen molar-refractivity contribution in [1.82, 2.24) is 10.1 Å². The van der Waals surface area contributed by atoms with Crippen molar-refractivity contribution in [3.63, 3.8) is 0 Å². The zero-order valence-electron chi connectivity index (χ0n) is 11.6. The first kappa shape index (κ1) is 11.9.